The van der Waals surface area contributed by atoms with E-state index < -0.39 is 48.1 Å². The predicted octanol–water partition coefficient (Wildman–Crippen LogP) is 2.18. The highest BCUT2D eigenvalue weighted by Crippen LogP contribution is 2.45. The van der Waals surface area contributed by atoms with Gasteiger partial charge in [0, 0.05) is 6.07 Å². The van der Waals surface area contributed by atoms with E-state index in [2.05, 4.69) is 0 Å². The van der Waals surface area contributed by atoms with E-state index in [0.717, 1.165) is 0 Å². The predicted molar refractivity (Wildman–Crippen MR) is 53.0 cm³/mol. The van der Waals surface area contributed by atoms with Crippen LogP contribution >= 0.6 is 0 Å². The highest BCUT2D eigenvalue weighted by molar-refractivity contribution is 7.86. The van der Waals surface area contributed by atoms with Crippen molar-refractivity contribution in [2.75, 3.05) is 0 Å². The molecule has 1 rings (SSSR count). The average molecular weight is 318 g/mol. The minimum absolute atomic E-state index is 0.0286. The fraction of sp³-hybridized carbons (Fsp3) is 0.143. The number of nitrogens with zero attached hydrogens (tertiary/aromatic N) is 2. The maximum absolute atomic E-state index is 12.8. The highest BCUT2D eigenvalue weighted by Gasteiger charge is 2.48. The highest BCUT2D eigenvalue weighted by atomic mass is 32.3. The van der Waals surface area contributed by atoms with Gasteiger partial charge in [-0.15, -0.1) is 3.89 Å². The van der Waals surface area contributed by atoms with Crippen LogP contribution in [0.2, 0.25) is 0 Å². The van der Waals surface area contributed by atoms with E-state index >= 15 is 0 Å². The molecule has 0 aliphatic carbocycles. The molecule has 0 aliphatic heterocycles. The van der Waals surface area contributed by atoms with Crippen molar-refractivity contribution in [3.05, 3.63) is 37.9 Å². The van der Waals surface area contributed by atoms with Crippen LogP contribution in [-0.4, -0.2) is 18.3 Å². The van der Waals surface area contributed by atoms with Crippen molar-refractivity contribution >= 4 is 21.6 Å². The largest absolute Gasteiger partial charge is 0.429 e. The lowest BCUT2D eigenvalue weighted by molar-refractivity contribution is -0.401. The number of hydrogen-bond donors (Lipinski definition) is 0. The van der Waals surface area contributed by atoms with Gasteiger partial charge >= 0.3 is 22.1 Å². The molecule has 0 heterocycles. The Labute approximate surface area is 107 Å². The first-order valence-electron chi connectivity index (χ1n) is 4.35. The molecule has 110 valence electrons. The third-order valence-corrected chi connectivity index (χ3v) is 2.90. The van der Waals surface area contributed by atoms with Gasteiger partial charge in [0.1, 0.15) is 0 Å². The maximum atomic E-state index is 12.8. The van der Waals surface area contributed by atoms with Gasteiger partial charge in [-0.25, -0.2) is 0 Å². The molecule has 0 radical (unpaired) electrons. The molecule has 1 aromatic carbocycles. The average Bonchev–Trinajstić information content (AvgIpc) is 2.24. The molecule has 13 heteroatoms. The van der Waals surface area contributed by atoms with Crippen molar-refractivity contribution in [2.24, 2.45) is 0 Å². The Morgan fingerprint density at radius 3 is 1.85 bits per heavy atom. The Bertz CT molecular complexity index is 698. The van der Waals surface area contributed by atoms with Crippen LogP contribution < -0.4 is 0 Å². The zero-order valence-electron chi connectivity index (χ0n) is 8.92. The zero-order chi connectivity index (χ0) is 15.9. The van der Waals surface area contributed by atoms with Crippen molar-refractivity contribution in [1.82, 2.24) is 0 Å². The Kier molecular flexibility index (Phi) is 3.67. The number of rotatable bonds is 3. The summed E-state index contributed by atoms with van der Waals surface area (Å²) < 4.78 is 72.0. The molecule has 0 unspecified atom stereocenters. The normalized spacial score (nSPS) is 12.2. The van der Waals surface area contributed by atoms with Crippen LogP contribution in [0.1, 0.15) is 5.56 Å². The molecule has 0 saturated carbocycles. The summed E-state index contributed by atoms with van der Waals surface area (Å²) in [5, 5.41) is 21.0. The van der Waals surface area contributed by atoms with E-state index in [0.29, 0.717) is 0 Å². The lowest BCUT2D eigenvalue weighted by Crippen LogP contribution is -2.14. The number of nitro groups is 2. The van der Waals surface area contributed by atoms with Gasteiger partial charge in [-0.1, -0.05) is 0 Å². The Morgan fingerprint density at radius 1 is 1.05 bits per heavy atom. The monoisotopic (exact) mass is 318 g/mol. The summed E-state index contributed by atoms with van der Waals surface area (Å²) in [6.45, 7) is 0. The first kappa shape index (κ1) is 15.7. The van der Waals surface area contributed by atoms with Crippen LogP contribution in [0.3, 0.4) is 0 Å². The second-order valence-corrected chi connectivity index (χ2v) is 4.57. The second kappa shape index (κ2) is 4.66. The third kappa shape index (κ3) is 2.81. The lowest BCUT2D eigenvalue weighted by Gasteiger charge is -2.09. The van der Waals surface area contributed by atoms with Gasteiger partial charge in [-0.2, -0.15) is 21.6 Å². The fourth-order valence-corrected chi connectivity index (χ4v) is 2.01. The van der Waals surface area contributed by atoms with Gasteiger partial charge in [-0.3, -0.25) is 20.2 Å². The van der Waals surface area contributed by atoms with Crippen molar-refractivity contribution in [1.29, 1.82) is 0 Å². The number of benzene rings is 1. The smallest absolute Gasteiger partial charge is 0.258 e. The van der Waals surface area contributed by atoms with Gasteiger partial charge in [0.05, 0.1) is 9.85 Å². The van der Waals surface area contributed by atoms with Gasteiger partial charge < -0.3 is 0 Å². The molecular formula is C7H2F4N2O6S. The lowest BCUT2D eigenvalue weighted by atomic mass is 10.1. The van der Waals surface area contributed by atoms with Crippen LogP contribution in [0, 0.1) is 20.2 Å². The van der Waals surface area contributed by atoms with Crippen LogP contribution in [-0.2, 0) is 16.4 Å². The summed E-state index contributed by atoms with van der Waals surface area (Å²) in [5.41, 5.74) is -6.42. The minimum atomic E-state index is -5.87. The van der Waals surface area contributed by atoms with Gasteiger partial charge in [-0.05, 0) is 6.07 Å². The van der Waals surface area contributed by atoms with Gasteiger partial charge in [0.25, 0.3) is 5.69 Å². The molecule has 0 bridgehead atoms. The van der Waals surface area contributed by atoms with Gasteiger partial charge in [0.15, 0.2) is 4.90 Å². The van der Waals surface area contributed by atoms with Crippen molar-refractivity contribution in [2.45, 2.75) is 11.1 Å². The van der Waals surface area contributed by atoms with E-state index in [-0.39, 0.29) is 12.1 Å². The van der Waals surface area contributed by atoms with Crippen LogP contribution in [0.15, 0.2) is 17.0 Å². The second-order valence-electron chi connectivity index (χ2n) is 3.26. The number of hydrogen-bond acceptors (Lipinski definition) is 6. The molecule has 0 atom stereocenters. The molecule has 20 heavy (non-hydrogen) atoms. The summed E-state index contributed by atoms with van der Waals surface area (Å²) in [5.74, 6) is 0. The summed E-state index contributed by atoms with van der Waals surface area (Å²) >= 11 is 0. The fourth-order valence-electron chi connectivity index (χ4n) is 1.37. The Balaban J connectivity index is 4.01. The summed E-state index contributed by atoms with van der Waals surface area (Å²) in [6.07, 6.45) is -5.62. The van der Waals surface area contributed by atoms with Crippen molar-refractivity contribution in [3.63, 3.8) is 0 Å². The molecule has 0 fully saturated rings. The topological polar surface area (TPSA) is 120 Å². The van der Waals surface area contributed by atoms with Gasteiger partial charge in [0.2, 0.25) is 5.56 Å². The Morgan fingerprint density at radius 2 is 1.55 bits per heavy atom. The molecule has 1 aromatic rings. The zero-order valence-corrected chi connectivity index (χ0v) is 9.74. The van der Waals surface area contributed by atoms with E-state index in [1.54, 1.807) is 0 Å². The van der Waals surface area contributed by atoms with E-state index in [9.17, 15) is 45.7 Å². The molecule has 0 aromatic heterocycles. The number of halogens is 4. The maximum Gasteiger partial charge on any atom is 0.429 e. The first-order valence-corrected chi connectivity index (χ1v) is 5.73. The third-order valence-electron chi connectivity index (χ3n) is 2.04. The van der Waals surface area contributed by atoms with Crippen LogP contribution in [0.25, 0.3) is 0 Å². The molecule has 0 amide bonds. The molecule has 0 saturated heterocycles. The number of alkyl halides is 3. The first-order chi connectivity index (χ1) is 8.87. The molecule has 0 N–H and O–H groups in total. The van der Waals surface area contributed by atoms with E-state index in [4.69, 9.17) is 0 Å². The van der Waals surface area contributed by atoms with E-state index in [1.807, 2.05) is 0 Å². The van der Waals surface area contributed by atoms with Crippen molar-refractivity contribution in [3.8, 4) is 0 Å². The van der Waals surface area contributed by atoms with Crippen molar-refractivity contribution < 1.29 is 35.3 Å². The minimum Gasteiger partial charge on any atom is -0.258 e. The standard InChI is InChI=1S/C7H2F4N2O6S/c8-7(9,10)5-3(12(14)15)1-2-4(20(11,18)19)6(5)13(16)17/h1-2H. The van der Waals surface area contributed by atoms with Crippen LogP contribution in [0.5, 0.6) is 0 Å². The quantitative estimate of drug-likeness (QED) is 0.364. The summed E-state index contributed by atoms with van der Waals surface area (Å²) in [7, 11) is -5.87. The van der Waals surface area contributed by atoms with E-state index in [1.165, 1.54) is 0 Å². The SMILES string of the molecule is O=[N+]([O-])c1ccc(S(=O)(=O)F)c([N+](=O)[O-])c1C(F)(F)F. The molecule has 0 spiro atoms. The molecule has 0 aliphatic rings. The van der Waals surface area contributed by atoms with Crippen LogP contribution in [0.4, 0.5) is 28.4 Å². The number of nitro benzene ring substituents is 2. The molecular weight excluding hydrogens is 316 g/mol. The summed E-state index contributed by atoms with van der Waals surface area (Å²) in [6, 6.07) is 0.0587. The molecule has 8 nitrogen and oxygen atoms in total. The Hall–Kier alpha value is -2.31. The summed E-state index contributed by atoms with van der Waals surface area (Å²) in [4.78, 5) is 15.7.